The summed E-state index contributed by atoms with van der Waals surface area (Å²) in [6, 6.07) is 3.21. The van der Waals surface area contributed by atoms with Gasteiger partial charge in [0, 0.05) is 16.1 Å². The number of halogens is 1. The van der Waals surface area contributed by atoms with Crippen molar-refractivity contribution in [3.8, 4) is 5.75 Å². The topological polar surface area (TPSA) is 63.3 Å². The van der Waals surface area contributed by atoms with Crippen molar-refractivity contribution in [3.05, 3.63) is 27.7 Å². The minimum Gasteiger partial charge on any atom is -0.507 e. The minimum absolute atomic E-state index is 0.0209. The van der Waals surface area contributed by atoms with Gasteiger partial charge in [-0.1, -0.05) is 15.9 Å². The van der Waals surface area contributed by atoms with E-state index in [0.29, 0.717) is 17.8 Å². The molecule has 1 atom stereocenters. The van der Waals surface area contributed by atoms with Crippen LogP contribution in [0.2, 0.25) is 0 Å². The van der Waals surface area contributed by atoms with E-state index in [1.165, 1.54) is 0 Å². The van der Waals surface area contributed by atoms with Crippen LogP contribution in [0.5, 0.6) is 5.75 Å². The molecule has 1 saturated carbocycles. The normalized spacial score (nSPS) is 17.5. The second kappa shape index (κ2) is 3.94. The maximum Gasteiger partial charge on any atom is 0.153 e. The van der Waals surface area contributed by atoms with Crippen molar-refractivity contribution in [2.45, 2.75) is 18.9 Å². The molecule has 15 heavy (non-hydrogen) atoms. The molecule has 0 aromatic heterocycles. The van der Waals surface area contributed by atoms with Crippen LogP contribution in [0.3, 0.4) is 0 Å². The number of nitrogens with two attached hydrogens (primary N) is 1. The fourth-order valence-electron chi connectivity index (χ4n) is 1.70. The number of aromatic hydroxyl groups is 1. The van der Waals surface area contributed by atoms with E-state index < -0.39 is 0 Å². The van der Waals surface area contributed by atoms with Crippen LogP contribution >= 0.6 is 15.9 Å². The highest BCUT2D eigenvalue weighted by Gasteiger charge is 2.31. The number of aldehydes is 1. The summed E-state index contributed by atoms with van der Waals surface area (Å²) in [6.07, 6.45) is 2.84. The first-order valence-electron chi connectivity index (χ1n) is 4.86. The summed E-state index contributed by atoms with van der Waals surface area (Å²) < 4.78 is 0.772. The highest BCUT2D eigenvalue weighted by atomic mass is 79.9. The van der Waals surface area contributed by atoms with Gasteiger partial charge in [0.05, 0.1) is 5.56 Å². The monoisotopic (exact) mass is 269 g/mol. The molecular formula is C11H12BrNO2. The number of phenolic OH excluding ortho intramolecular Hbond substituents is 1. The van der Waals surface area contributed by atoms with Gasteiger partial charge in [-0.15, -0.1) is 0 Å². The Kier molecular flexibility index (Phi) is 2.80. The van der Waals surface area contributed by atoms with E-state index >= 15 is 0 Å². The Bertz CT molecular complexity index is 402. The van der Waals surface area contributed by atoms with Crippen LogP contribution in [0, 0.1) is 5.92 Å². The zero-order valence-corrected chi connectivity index (χ0v) is 9.70. The van der Waals surface area contributed by atoms with E-state index in [2.05, 4.69) is 15.9 Å². The minimum atomic E-state index is -0.166. The van der Waals surface area contributed by atoms with Crippen LogP contribution in [0.1, 0.15) is 34.8 Å². The maximum atomic E-state index is 10.7. The Morgan fingerprint density at radius 3 is 2.73 bits per heavy atom. The average molecular weight is 270 g/mol. The molecule has 0 spiro atoms. The highest BCUT2D eigenvalue weighted by Crippen LogP contribution is 2.43. The quantitative estimate of drug-likeness (QED) is 0.829. The van der Waals surface area contributed by atoms with Crippen LogP contribution in [0.4, 0.5) is 0 Å². The lowest BCUT2D eigenvalue weighted by atomic mass is 10.00. The molecule has 0 radical (unpaired) electrons. The molecule has 1 fully saturated rings. The van der Waals surface area contributed by atoms with Gasteiger partial charge in [0.2, 0.25) is 0 Å². The third kappa shape index (κ3) is 2.06. The highest BCUT2D eigenvalue weighted by molar-refractivity contribution is 9.10. The first-order valence-corrected chi connectivity index (χ1v) is 5.66. The molecule has 1 aromatic carbocycles. The summed E-state index contributed by atoms with van der Waals surface area (Å²) in [7, 11) is 0. The van der Waals surface area contributed by atoms with Crippen LogP contribution < -0.4 is 5.73 Å². The molecule has 80 valence electrons. The Hall–Kier alpha value is -0.870. The third-order valence-corrected chi connectivity index (χ3v) is 3.21. The largest absolute Gasteiger partial charge is 0.507 e. The molecule has 0 amide bonds. The molecule has 0 bridgehead atoms. The lowest BCUT2D eigenvalue weighted by Crippen LogP contribution is -2.13. The number of hydrogen-bond donors (Lipinski definition) is 2. The lowest BCUT2D eigenvalue weighted by molar-refractivity contribution is 0.112. The number of hydrogen-bond acceptors (Lipinski definition) is 3. The number of benzene rings is 1. The molecule has 1 unspecified atom stereocenters. The standard InChI is InChI=1S/C11H12BrNO2/c12-8-3-7(5-14)11(15)9(4-8)10(13)6-1-2-6/h3-6,10,15H,1-2,13H2. The van der Waals surface area contributed by atoms with Crippen molar-refractivity contribution in [1.82, 2.24) is 0 Å². The summed E-state index contributed by atoms with van der Waals surface area (Å²) in [6.45, 7) is 0. The lowest BCUT2D eigenvalue weighted by Gasteiger charge is -2.14. The van der Waals surface area contributed by atoms with E-state index in [1.807, 2.05) is 0 Å². The average Bonchev–Trinajstić information content (AvgIpc) is 3.03. The maximum absolute atomic E-state index is 10.7. The number of phenols is 1. The van der Waals surface area contributed by atoms with Crippen molar-refractivity contribution < 1.29 is 9.90 Å². The Balaban J connectivity index is 2.44. The zero-order chi connectivity index (χ0) is 11.0. The Labute approximate surface area is 96.4 Å². The van der Waals surface area contributed by atoms with Crippen molar-refractivity contribution in [1.29, 1.82) is 0 Å². The summed E-state index contributed by atoms with van der Waals surface area (Å²) in [4.78, 5) is 10.7. The van der Waals surface area contributed by atoms with E-state index in [9.17, 15) is 9.90 Å². The predicted octanol–water partition coefficient (Wildman–Crippen LogP) is 2.38. The molecular weight excluding hydrogens is 258 g/mol. The van der Waals surface area contributed by atoms with Gasteiger partial charge in [-0.2, -0.15) is 0 Å². The molecule has 3 nitrogen and oxygen atoms in total. The van der Waals surface area contributed by atoms with Gasteiger partial charge in [0.25, 0.3) is 0 Å². The first kappa shape index (κ1) is 10.6. The van der Waals surface area contributed by atoms with Crippen molar-refractivity contribution >= 4 is 22.2 Å². The van der Waals surface area contributed by atoms with Gasteiger partial charge >= 0.3 is 0 Å². The van der Waals surface area contributed by atoms with Crippen molar-refractivity contribution in [2.24, 2.45) is 11.7 Å². The first-order chi connectivity index (χ1) is 7.13. The van der Waals surface area contributed by atoms with Crippen LogP contribution in [0.25, 0.3) is 0 Å². The molecule has 0 saturated heterocycles. The van der Waals surface area contributed by atoms with E-state index in [0.717, 1.165) is 17.3 Å². The van der Waals surface area contributed by atoms with E-state index in [4.69, 9.17) is 5.73 Å². The van der Waals surface area contributed by atoms with Gasteiger partial charge in [-0.3, -0.25) is 4.79 Å². The van der Waals surface area contributed by atoms with Crippen LogP contribution in [0.15, 0.2) is 16.6 Å². The van der Waals surface area contributed by atoms with Gasteiger partial charge < -0.3 is 10.8 Å². The zero-order valence-electron chi connectivity index (χ0n) is 8.11. The third-order valence-electron chi connectivity index (χ3n) is 2.75. The van der Waals surface area contributed by atoms with Gasteiger partial charge in [-0.25, -0.2) is 0 Å². The molecule has 1 aromatic rings. The van der Waals surface area contributed by atoms with Crippen LogP contribution in [-0.4, -0.2) is 11.4 Å². The second-order valence-corrected chi connectivity index (χ2v) is 4.83. The smallest absolute Gasteiger partial charge is 0.153 e. The number of rotatable bonds is 3. The summed E-state index contributed by atoms with van der Waals surface area (Å²) in [5.41, 5.74) is 6.95. The molecule has 1 aliphatic rings. The van der Waals surface area contributed by atoms with Gasteiger partial charge in [0.15, 0.2) is 6.29 Å². The summed E-state index contributed by atoms with van der Waals surface area (Å²) in [5, 5.41) is 9.83. The predicted molar refractivity (Wildman–Crippen MR) is 60.8 cm³/mol. The number of carbonyl (C=O) groups excluding carboxylic acids is 1. The molecule has 4 heteroatoms. The molecule has 3 N–H and O–H groups in total. The van der Waals surface area contributed by atoms with Gasteiger partial charge in [0.1, 0.15) is 5.75 Å². The number of carbonyl (C=O) groups is 1. The summed E-state index contributed by atoms with van der Waals surface area (Å²) in [5.74, 6) is 0.470. The van der Waals surface area contributed by atoms with Crippen molar-refractivity contribution in [2.75, 3.05) is 0 Å². The van der Waals surface area contributed by atoms with E-state index in [-0.39, 0.29) is 17.4 Å². The van der Waals surface area contributed by atoms with E-state index in [1.54, 1.807) is 12.1 Å². The SMILES string of the molecule is NC(c1cc(Br)cc(C=O)c1O)C1CC1. The van der Waals surface area contributed by atoms with Gasteiger partial charge in [-0.05, 0) is 30.9 Å². The molecule has 2 rings (SSSR count). The van der Waals surface area contributed by atoms with Crippen LogP contribution in [-0.2, 0) is 0 Å². The fraction of sp³-hybridized carbons (Fsp3) is 0.364. The molecule has 0 aliphatic heterocycles. The fourth-order valence-corrected chi connectivity index (χ4v) is 2.19. The second-order valence-electron chi connectivity index (χ2n) is 3.91. The Morgan fingerprint density at radius 2 is 2.20 bits per heavy atom. The Morgan fingerprint density at radius 1 is 1.53 bits per heavy atom. The molecule has 1 aliphatic carbocycles. The molecule has 0 heterocycles. The van der Waals surface area contributed by atoms with Crippen molar-refractivity contribution in [3.63, 3.8) is 0 Å². The summed E-state index contributed by atoms with van der Waals surface area (Å²) >= 11 is 3.30.